The Bertz CT molecular complexity index is 362. The first-order valence-corrected chi connectivity index (χ1v) is 6.64. The third-order valence-corrected chi connectivity index (χ3v) is 3.48. The predicted molar refractivity (Wildman–Crippen MR) is 68.7 cm³/mol. The SMILES string of the molecule is Cn1ccc(CC(=O)NC2CCCCCC2)c1. The van der Waals surface area contributed by atoms with Crippen molar-refractivity contribution in [3.05, 3.63) is 24.0 Å². The minimum atomic E-state index is 0.170. The van der Waals surface area contributed by atoms with Crippen molar-refractivity contribution in [3.63, 3.8) is 0 Å². The second-order valence-electron chi connectivity index (χ2n) is 5.12. The van der Waals surface area contributed by atoms with Gasteiger partial charge in [-0.2, -0.15) is 0 Å². The number of nitrogens with zero attached hydrogens (tertiary/aromatic N) is 1. The fourth-order valence-electron chi connectivity index (χ4n) is 2.55. The summed E-state index contributed by atoms with van der Waals surface area (Å²) < 4.78 is 1.98. The Balaban J connectivity index is 1.80. The molecule has 0 radical (unpaired) electrons. The fraction of sp³-hybridized carbons (Fsp3) is 0.643. The molecule has 1 aliphatic rings. The minimum Gasteiger partial charge on any atom is -0.357 e. The summed E-state index contributed by atoms with van der Waals surface area (Å²) in [4.78, 5) is 11.9. The van der Waals surface area contributed by atoms with Crippen LogP contribution in [0.1, 0.15) is 44.1 Å². The summed E-state index contributed by atoms with van der Waals surface area (Å²) in [6.45, 7) is 0. The van der Waals surface area contributed by atoms with E-state index in [9.17, 15) is 4.79 Å². The number of aryl methyl sites for hydroxylation is 1. The van der Waals surface area contributed by atoms with Gasteiger partial charge in [-0.1, -0.05) is 25.7 Å². The van der Waals surface area contributed by atoms with Crippen LogP contribution in [0.3, 0.4) is 0 Å². The highest BCUT2D eigenvalue weighted by atomic mass is 16.1. The van der Waals surface area contributed by atoms with Crippen LogP contribution in [0.4, 0.5) is 0 Å². The molecule has 1 aromatic rings. The summed E-state index contributed by atoms with van der Waals surface area (Å²) in [5.74, 6) is 0.170. The average molecular weight is 234 g/mol. The molecule has 0 atom stereocenters. The maximum absolute atomic E-state index is 11.9. The zero-order valence-electron chi connectivity index (χ0n) is 10.6. The van der Waals surface area contributed by atoms with Crippen LogP contribution in [0.15, 0.2) is 18.5 Å². The lowest BCUT2D eigenvalue weighted by atomic mass is 10.1. The second-order valence-corrected chi connectivity index (χ2v) is 5.12. The quantitative estimate of drug-likeness (QED) is 0.801. The van der Waals surface area contributed by atoms with Crippen molar-refractivity contribution in [1.29, 1.82) is 0 Å². The van der Waals surface area contributed by atoms with Crippen molar-refractivity contribution in [3.8, 4) is 0 Å². The Morgan fingerprint density at radius 1 is 1.35 bits per heavy atom. The van der Waals surface area contributed by atoms with Crippen molar-refractivity contribution < 1.29 is 4.79 Å². The number of hydrogen-bond acceptors (Lipinski definition) is 1. The molecule has 0 saturated heterocycles. The monoisotopic (exact) mass is 234 g/mol. The Kier molecular flexibility index (Phi) is 4.24. The third-order valence-electron chi connectivity index (χ3n) is 3.48. The van der Waals surface area contributed by atoms with E-state index in [0.29, 0.717) is 12.5 Å². The molecule has 1 heterocycles. The first-order valence-electron chi connectivity index (χ1n) is 6.64. The molecule has 0 aromatic carbocycles. The molecule has 1 aromatic heterocycles. The van der Waals surface area contributed by atoms with Crippen LogP contribution in [0.2, 0.25) is 0 Å². The van der Waals surface area contributed by atoms with Gasteiger partial charge in [-0.05, 0) is 24.5 Å². The average Bonchev–Trinajstić information content (AvgIpc) is 2.53. The second kappa shape index (κ2) is 5.89. The maximum atomic E-state index is 11.9. The van der Waals surface area contributed by atoms with Gasteiger partial charge in [-0.15, -0.1) is 0 Å². The lowest BCUT2D eigenvalue weighted by Crippen LogP contribution is -2.35. The van der Waals surface area contributed by atoms with Gasteiger partial charge in [0.1, 0.15) is 0 Å². The number of hydrogen-bond donors (Lipinski definition) is 1. The van der Waals surface area contributed by atoms with Crippen LogP contribution in [-0.4, -0.2) is 16.5 Å². The molecule has 0 unspecified atom stereocenters. The number of nitrogens with one attached hydrogen (secondary N) is 1. The number of aromatic nitrogens is 1. The highest BCUT2D eigenvalue weighted by Crippen LogP contribution is 2.17. The zero-order chi connectivity index (χ0) is 12.1. The van der Waals surface area contributed by atoms with Gasteiger partial charge in [-0.25, -0.2) is 0 Å². The molecular weight excluding hydrogens is 212 g/mol. The molecule has 2 rings (SSSR count). The minimum absolute atomic E-state index is 0.170. The topological polar surface area (TPSA) is 34.0 Å². The van der Waals surface area contributed by atoms with Crippen LogP contribution >= 0.6 is 0 Å². The molecule has 1 amide bonds. The Hall–Kier alpha value is -1.25. The van der Waals surface area contributed by atoms with Crippen molar-refractivity contribution in [2.24, 2.45) is 7.05 Å². The number of carbonyl (C=O) groups is 1. The van der Waals surface area contributed by atoms with Crippen LogP contribution in [0.25, 0.3) is 0 Å². The normalized spacial score (nSPS) is 17.7. The van der Waals surface area contributed by atoms with E-state index >= 15 is 0 Å². The van der Waals surface area contributed by atoms with Gasteiger partial charge in [0.25, 0.3) is 0 Å². The van der Waals surface area contributed by atoms with E-state index in [1.165, 1.54) is 25.7 Å². The molecule has 17 heavy (non-hydrogen) atoms. The summed E-state index contributed by atoms with van der Waals surface area (Å²) in [6.07, 6.45) is 12.0. The lowest BCUT2D eigenvalue weighted by molar-refractivity contribution is -0.121. The van der Waals surface area contributed by atoms with E-state index < -0.39 is 0 Å². The fourth-order valence-corrected chi connectivity index (χ4v) is 2.55. The third kappa shape index (κ3) is 3.91. The molecule has 0 spiro atoms. The van der Waals surface area contributed by atoms with Crippen LogP contribution in [-0.2, 0) is 18.3 Å². The van der Waals surface area contributed by atoms with Gasteiger partial charge in [0.15, 0.2) is 0 Å². The lowest BCUT2D eigenvalue weighted by Gasteiger charge is -2.15. The largest absolute Gasteiger partial charge is 0.357 e. The molecule has 1 N–H and O–H groups in total. The molecule has 3 nitrogen and oxygen atoms in total. The van der Waals surface area contributed by atoms with Crippen LogP contribution in [0.5, 0.6) is 0 Å². The molecular formula is C14H22N2O. The molecule has 0 aliphatic heterocycles. The standard InChI is InChI=1S/C14H22N2O/c1-16-9-8-12(11-16)10-14(17)15-13-6-4-2-3-5-7-13/h8-9,11,13H,2-7,10H2,1H3,(H,15,17). The van der Waals surface area contributed by atoms with E-state index in [1.807, 2.05) is 30.1 Å². The molecule has 1 saturated carbocycles. The molecule has 3 heteroatoms. The van der Waals surface area contributed by atoms with Gasteiger partial charge in [0.2, 0.25) is 5.91 Å². The number of rotatable bonds is 3. The van der Waals surface area contributed by atoms with Gasteiger partial charge >= 0.3 is 0 Å². The summed E-state index contributed by atoms with van der Waals surface area (Å²) in [6, 6.07) is 2.42. The molecule has 1 aliphatic carbocycles. The van der Waals surface area contributed by atoms with E-state index in [0.717, 1.165) is 18.4 Å². The molecule has 1 fully saturated rings. The van der Waals surface area contributed by atoms with Gasteiger partial charge in [-0.3, -0.25) is 4.79 Å². The van der Waals surface area contributed by atoms with Crippen LogP contribution < -0.4 is 5.32 Å². The summed E-state index contributed by atoms with van der Waals surface area (Å²) >= 11 is 0. The van der Waals surface area contributed by atoms with Crippen LogP contribution in [0, 0.1) is 0 Å². The van der Waals surface area contributed by atoms with Crippen molar-refractivity contribution in [2.45, 2.75) is 51.0 Å². The predicted octanol–water partition coefficient (Wildman–Crippen LogP) is 2.41. The summed E-state index contributed by atoms with van der Waals surface area (Å²) in [5.41, 5.74) is 1.10. The first kappa shape index (κ1) is 12.2. The summed E-state index contributed by atoms with van der Waals surface area (Å²) in [5, 5.41) is 3.17. The van der Waals surface area contributed by atoms with Crippen molar-refractivity contribution in [2.75, 3.05) is 0 Å². The highest BCUT2D eigenvalue weighted by molar-refractivity contribution is 5.78. The molecule has 94 valence electrons. The van der Waals surface area contributed by atoms with Crippen molar-refractivity contribution in [1.82, 2.24) is 9.88 Å². The highest BCUT2D eigenvalue weighted by Gasteiger charge is 2.14. The van der Waals surface area contributed by atoms with E-state index in [2.05, 4.69) is 5.32 Å². The zero-order valence-corrected chi connectivity index (χ0v) is 10.6. The van der Waals surface area contributed by atoms with E-state index in [4.69, 9.17) is 0 Å². The van der Waals surface area contributed by atoms with E-state index in [-0.39, 0.29) is 5.91 Å². The van der Waals surface area contributed by atoms with Gasteiger partial charge < -0.3 is 9.88 Å². The molecule has 0 bridgehead atoms. The Morgan fingerprint density at radius 3 is 2.65 bits per heavy atom. The number of amides is 1. The van der Waals surface area contributed by atoms with Gasteiger partial charge in [0.05, 0.1) is 6.42 Å². The Labute approximate surface area is 103 Å². The van der Waals surface area contributed by atoms with Gasteiger partial charge in [0, 0.05) is 25.5 Å². The smallest absolute Gasteiger partial charge is 0.224 e. The number of carbonyl (C=O) groups excluding carboxylic acids is 1. The van der Waals surface area contributed by atoms with Crippen molar-refractivity contribution >= 4 is 5.91 Å². The maximum Gasteiger partial charge on any atom is 0.224 e. The Morgan fingerprint density at radius 2 is 2.06 bits per heavy atom. The first-order chi connectivity index (χ1) is 8.24. The summed E-state index contributed by atoms with van der Waals surface area (Å²) in [7, 11) is 1.98. The van der Waals surface area contributed by atoms with E-state index in [1.54, 1.807) is 0 Å².